The van der Waals surface area contributed by atoms with Crippen LogP contribution in [0.15, 0.2) is 0 Å². The van der Waals surface area contributed by atoms with Gasteiger partial charge in [0.2, 0.25) is 15.9 Å². The van der Waals surface area contributed by atoms with Crippen LogP contribution in [0.1, 0.15) is 19.3 Å². The van der Waals surface area contributed by atoms with Crippen LogP contribution >= 0.6 is 11.8 Å². The van der Waals surface area contributed by atoms with Crippen LogP contribution in [0, 0.1) is 0 Å². The average molecular weight is 309 g/mol. The second-order valence-corrected chi connectivity index (χ2v) is 7.75. The van der Waals surface area contributed by atoms with Gasteiger partial charge in [0.1, 0.15) is 0 Å². The standard InChI is InChI=1S/C11H23N3O3S2/c1-19(16,17)14-6-2-5-13-11(15)9-18-10-3-7-12-8-4-10/h10,12,14H,2-9H2,1H3,(H,13,15). The molecule has 6 nitrogen and oxygen atoms in total. The van der Waals surface area contributed by atoms with Crippen molar-refractivity contribution in [1.29, 1.82) is 0 Å². The summed E-state index contributed by atoms with van der Waals surface area (Å²) in [7, 11) is -3.12. The van der Waals surface area contributed by atoms with Crippen molar-refractivity contribution in [3.63, 3.8) is 0 Å². The topological polar surface area (TPSA) is 87.3 Å². The van der Waals surface area contributed by atoms with E-state index in [9.17, 15) is 13.2 Å². The van der Waals surface area contributed by atoms with Gasteiger partial charge in [-0.3, -0.25) is 4.79 Å². The second-order valence-electron chi connectivity index (χ2n) is 4.63. The molecule has 0 aliphatic carbocycles. The molecule has 1 heterocycles. The number of nitrogens with one attached hydrogen (secondary N) is 3. The third-order valence-electron chi connectivity index (χ3n) is 2.78. The van der Waals surface area contributed by atoms with Crippen molar-refractivity contribution < 1.29 is 13.2 Å². The number of thioether (sulfide) groups is 1. The van der Waals surface area contributed by atoms with E-state index >= 15 is 0 Å². The van der Waals surface area contributed by atoms with Crippen molar-refractivity contribution >= 4 is 27.7 Å². The zero-order valence-corrected chi connectivity index (χ0v) is 12.9. The summed E-state index contributed by atoms with van der Waals surface area (Å²) in [6.45, 7) is 2.95. The van der Waals surface area contributed by atoms with E-state index in [1.165, 1.54) is 0 Å². The Kier molecular flexibility index (Phi) is 7.74. The molecule has 1 saturated heterocycles. The fraction of sp³-hybridized carbons (Fsp3) is 0.909. The van der Waals surface area contributed by atoms with E-state index in [0.717, 1.165) is 32.2 Å². The Morgan fingerprint density at radius 2 is 2.00 bits per heavy atom. The number of piperidine rings is 1. The van der Waals surface area contributed by atoms with E-state index < -0.39 is 10.0 Å². The molecule has 0 unspecified atom stereocenters. The fourth-order valence-electron chi connectivity index (χ4n) is 1.78. The Hall–Kier alpha value is -0.310. The first kappa shape index (κ1) is 16.7. The SMILES string of the molecule is CS(=O)(=O)NCCCNC(=O)CSC1CCNCC1. The van der Waals surface area contributed by atoms with Crippen LogP contribution < -0.4 is 15.4 Å². The van der Waals surface area contributed by atoms with E-state index in [1.807, 2.05) is 0 Å². The van der Waals surface area contributed by atoms with Crippen LogP contribution in [0.2, 0.25) is 0 Å². The minimum atomic E-state index is -3.12. The third kappa shape index (κ3) is 9.26. The van der Waals surface area contributed by atoms with E-state index in [2.05, 4.69) is 15.4 Å². The van der Waals surface area contributed by atoms with Crippen molar-refractivity contribution in [3.8, 4) is 0 Å². The highest BCUT2D eigenvalue weighted by atomic mass is 32.2. The number of amides is 1. The van der Waals surface area contributed by atoms with Gasteiger partial charge in [0.05, 0.1) is 12.0 Å². The molecule has 0 saturated carbocycles. The number of carbonyl (C=O) groups is 1. The van der Waals surface area contributed by atoms with Gasteiger partial charge >= 0.3 is 0 Å². The molecule has 0 spiro atoms. The molecule has 0 radical (unpaired) electrons. The van der Waals surface area contributed by atoms with Gasteiger partial charge in [0.15, 0.2) is 0 Å². The summed E-state index contributed by atoms with van der Waals surface area (Å²) in [5.74, 6) is 0.521. The quantitative estimate of drug-likeness (QED) is 0.528. The molecule has 3 N–H and O–H groups in total. The Labute approximate surface area is 119 Å². The molecule has 0 aromatic heterocycles. The molecule has 1 aliphatic rings. The predicted molar refractivity (Wildman–Crippen MR) is 78.8 cm³/mol. The van der Waals surface area contributed by atoms with Gasteiger partial charge in [-0.15, -0.1) is 11.8 Å². The first-order chi connectivity index (χ1) is 8.97. The maximum Gasteiger partial charge on any atom is 0.230 e. The van der Waals surface area contributed by atoms with Crippen LogP contribution in [0.4, 0.5) is 0 Å². The first-order valence-corrected chi connectivity index (χ1v) is 9.45. The van der Waals surface area contributed by atoms with Crippen LogP contribution in [0.25, 0.3) is 0 Å². The van der Waals surface area contributed by atoms with Crippen LogP contribution in [0.3, 0.4) is 0 Å². The molecule has 1 rings (SSSR count). The highest BCUT2D eigenvalue weighted by Crippen LogP contribution is 2.19. The summed E-state index contributed by atoms with van der Waals surface area (Å²) >= 11 is 1.71. The van der Waals surface area contributed by atoms with Gasteiger partial charge in [-0.2, -0.15) is 0 Å². The van der Waals surface area contributed by atoms with Crippen molar-refractivity contribution in [2.24, 2.45) is 0 Å². The first-order valence-electron chi connectivity index (χ1n) is 6.51. The number of sulfonamides is 1. The predicted octanol–water partition coefficient (Wildman–Crippen LogP) is -0.473. The summed E-state index contributed by atoms with van der Waals surface area (Å²) in [4.78, 5) is 11.6. The fourth-order valence-corrected chi connectivity index (χ4v) is 3.35. The van der Waals surface area contributed by atoms with Crippen molar-refractivity contribution in [2.75, 3.05) is 38.2 Å². The summed E-state index contributed by atoms with van der Waals surface area (Å²) in [6.07, 6.45) is 3.98. The highest BCUT2D eigenvalue weighted by molar-refractivity contribution is 8.00. The molecule has 1 aliphatic heterocycles. The van der Waals surface area contributed by atoms with Gasteiger partial charge in [-0.1, -0.05) is 0 Å². The van der Waals surface area contributed by atoms with Crippen molar-refractivity contribution in [2.45, 2.75) is 24.5 Å². The number of hydrogen-bond acceptors (Lipinski definition) is 5. The summed E-state index contributed by atoms with van der Waals surface area (Å²) < 4.78 is 24.0. The van der Waals surface area contributed by atoms with Crippen molar-refractivity contribution in [3.05, 3.63) is 0 Å². The maximum atomic E-state index is 11.6. The second kappa shape index (κ2) is 8.78. The lowest BCUT2D eigenvalue weighted by molar-refractivity contribution is -0.118. The summed E-state index contributed by atoms with van der Waals surface area (Å²) in [6, 6.07) is 0. The zero-order valence-electron chi connectivity index (χ0n) is 11.3. The molecule has 0 aromatic carbocycles. The Morgan fingerprint density at radius 3 is 2.63 bits per heavy atom. The Bertz CT molecular complexity index is 367. The minimum absolute atomic E-state index is 0.0305. The van der Waals surface area contributed by atoms with E-state index in [0.29, 0.717) is 30.5 Å². The van der Waals surface area contributed by atoms with Gasteiger partial charge in [0.25, 0.3) is 0 Å². The zero-order chi connectivity index (χ0) is 14.1. The molecule has 8 heteroatoms. The number of hydrogen-bond donors (Lipinski definition) is 3. The maximum absolute atomic E-state index is 11.6. The molecule has 0 atom stereocenters. The highest BCUT2D eigenvalue weighted by Gasteiger charge is 2.14. The molecule has 1 amide bonds. The smallest absolute Gasteiger partial charge is 0.230 e. The van der Waals surface area contributed by atoms with Gasteiger partial charge < -0.3 is 10.6 Å². The monoisotopic (exact) mass is 309 g/mol. The largest absolute Gasteiger partial charge is 0.355 e. The molecule has 112 valence electrons. The molecule has 0 bridgehead atoms. The molecular weight excluding hydrogens is 286 g/mol. The van der Waals surface area contributed by atoms with Gasteiger partial charge in [-0.05, 0) is 32.4 Å². The lowest BCUT2D eigenvalue weighted by atomic mass is 10.2. The van der Waals surface area contributed by atoms with E-state index in [4.69, 9.17) is 0 Å². The number of rotatable bonds is 8. The summed E-state index contributed by atoms with van der Waals surface area (Å²) in [5, 5.41) is 6.67. The van der Waals surface area contributed by atoms with Gasteiger partial charge in [-0.25, -0.2) is 13.1 Å². The van der Waals surface area contributed by atoms with E-state index in [-0.39, 0.29) is 5.91 Å². The minimum Gasteiger partial charge on any atom is -0.355 e. The Morgan fingerprint density at radius 1 is 1.32 bits per heavy atom. The third-order valence-corrected chi connectivity index (χ3v) is 4.88. The van der Waals surface area contributed by atoms with Crippen LogP contribution in [0.5, 0.6) is 0 Å². The normalized spacial score (nSPS) is 17.3. The van der Waals surface area contributed by atoms with Crippen LogP contribution in [-0.4, -0.2) is 57.8 Å². The van der Waals surface area contributed by atoms with E-state index in [1.54, 1.807) is 11.8 Å². The molecule has 19 heavy (non-hydrogen) atoms. The van der Waals surface area contributed by atoms with Gasteiger partial charge in [0, 0.05) is 18.3 Å². The number of carbonyl (C=O) groups excluding carboxylic acids is 1. The summed E-state index contributed by atoms with van der Waals surface area (Å²) in [5.41, 5.74) is 0. The molecular formula is C11H23N3O3S2. The molecule has 0 aromatic rings. The lowest BCUT2D eigenvalue weighted by Gasteiger charge is -2.21. The van der Waals surface area contributed by atoms with Crippen LogP contribution in [-0.2, 0) is 14.8 Å². The molecule has 1 fully saturated rings. The lowest BCUT2D eigenvalue weighted by Crippen LogP contribution is -2.32. The average Bonchev–Trinajstić information content (AvgIpc) is 2.36. The van der Waals surface area contributed by atoms with Crippen molar-refractivity contribution in [1.82, 2.24) is 15.4 Å². The Balaban J connectivity index is 1.98.